The number of rotatable bonds is 11. The second kappa shape index (κ2) is 12.5. The van der Waals surface area contributed by atoms with E-state index < -0.39 is 46.5 Å². The van der Waals surface area contributed by atoms with Crippen LogP contribution in [0.5, 0.6) is 11.5 Å². The van der Waals surface area contributed by atoms with E-state index in [2.05, 4.69) is 21.7 Å². The number of benzene rings is 1. The van der Waals surface area contributed by atoms with E-state index in [0.717, 1.165) is 24.2 Å². The van der Waals surface area contributed by atoms with Gasteiger partial charge < -0.3 is 34.7 Å². The number of piperidine rings is 1. The first-order chi connectivity index (χ1) is 20.8. The third kappa shape index (κ3) is 5.75. The first-order valence-electron chi connectivity index (χ1n) is 15.3. The van der Waals surface area contributed by atoms with Gasteiger partial charge in [0.25, 0.3) is 0 Å². The number of esters is 1. The van der Waals surface area contributed by atoms with Crippen molar-refractivity contribution in [3.63, 3.8) is 0 Å². The molecule has 2 aliphatic carbocycles. The summed E-state index contributed by atoms with van der Waals surface area (Å²) in [7, 11) is 2.03. The van der Waals surface area contributed by atoms with Crippen LogP contribution in [-0.2, 0) is 29.1 Å². The lowest BCUT2D eigenvalue weighted by atomic mass is 9.54. The van der Waals surface area contributed by atoms with Crippen molar-refractivity contribution >= 4 is 36.1 Å². The Balaban J connectivity index is 1.43. The zero-order valence-corrected chi connectivity index (χ0v) is 28.3. The van der Waals surface area contributed by atoms with Crippen LogP contribution in [0.4, 0.5) is 0 Å². The van der Waals surface area contributed by atoms with E-state index >= 15 is 0 Å². The second-order valence-corrected chi connectivity index (χ2v) is 14.0. The number of nitrogens with zero attached hydrogens (tertiary/aromatic N) is 1. The predicted molar refractivity (Wildman–Crippen MR) is 169 cm³/mol. The maximum absolute atomic E-state index is 13.6. The lowest BCUT2D eigenvalue weighted by Gasteiger charge is -2.59. The molecular formula is C31H45N3O8P2. The number of fused-ring (bicyclic) bond motifs is 1. The van der Waals surface area contributed by atoms with E-state index in [-0.39, 0.29) is 34.1 Å². The zero-order chi connectivity index (χ0) is 32.0. The Labute approximate surface area is 263 Å². The summed E-state index contributed by atoms with van der Waals surface area (Å²) in [6.07, 6.45) is 4.32. The van der Waals surface area contributed by atoms with Crippen molar-refractivity contribution < 1.29 is 38.0 Å². The maximum atomic E-state index is 13.6. The highest BCUT2D eigenvalue weighted by Gasteiger charge is 2.69. The highest BCUT2D eigenvalue weighted by Crippen LogP contribution is 2.63. The van der Waals surface area contributed by atoms with Crippen molar-refractivity contribution in [2.45, 2.75) is 101 Å². The molecule has 1 amide bonds. The molecule has 0 bridgehead atoms. The van der Waals surface area contributed by atoms with Crippen molar-refractivity contribution in [3.05, 3.63) is 35.1 Å². The van der Waals surface area contributed by atoms with E-state index in [1.165, 1.54) is 12.8 Å². The van der Waals surface area contributed by atoms with Crippen LogP contribution in [-0.4, -0.2) is 76.9 Å². The number of aryl methyl sites for hydroxylation is 1. The lowest BCUT2D eigenvalue weighted by Crippen LogP contribution is -2.72. The van der Waals surface area contributed by atoms with Crippen LogP contribution in [0.2, 0.25) is 0 Å². The Morgan fingerprint density at radius 3 is 2.70 bits per heavy atom. The Kier molecular flexibility index (Phi) is 9.39. The van der Waals surface area contributed by atoms with Crippen LogP contribution < -0.4 is 20.3 Å². The van der Waals surface area contributed by atoms with E-state index in [1.807, 2.05) is 35.2 Å². The minimum Gasteiger partial charge on any atom is -0.477 e. The minimum atomic E-state index is -1.40. The molecule has 0 aromatic heterocycles. The summed E-state index contributed by atoms with van der Waals surface area (Å²) in [4.78, 5) is 40.3. The Morgan fingerprint density at radius 1 is 1.32 bits per heavy atom. The molecule has 2 aliphatic heterocycles. The first kappa shape index (κ1) is 33.1. The summed E-state index contributed by atoms with van der Waals surface area (Å²) >= 11 is 0. The van der Waals surface area contributed by atoms with Crippen molar-refractivity contribution in [2.75, 3.05) is 19.8 Å². The number of nitrogens with one attached hydrogen (secondary N) is 1. The van der Waals surface area contributed by atoms with Gasteiger partial charge in [-0.25, -0.2) is 4.79 Å². The van der Waals surface area contributed by atoms with Gasteiger partial charge in [0.1, 0.15) is 17.3 Å². The molecule has 2 heterocycles. The van der Waals surface area contributed by atoms with Gasteiger partial charge in [0, 0.05) is 31.0 Å². The van der Waals surface area contributed by atoms with Crippen LogP contribution in [0.1, 0.15) is 70.4 Å². The van der Waals surface area contributed by atoms with Crippen LogP contribution in [0.3, 0.4) is 0 Å². The number of likely N-dealkylation sites (tertiary alicyclic amines) is 1. The van der Waals surface area contributed by atoms with Gasteiger partial charge in [-0.3, -0.25) is 14.5 Å². The number of hydrogen-bond donors (Lipinski definition) is 3. The molecule has 7 atom stereocenters. The largest absolute Gasteiger partial charge is 0.477 e. The molecule has 1 spiro atoms. The van der Waals surface area contributed by atoms with Gasteiger partial charge in [0.2, 0.25) is 5.91 Å². The highest BCUT2D eigenvalue weighted by atomic mass is 31.1. The molecule has 1 saturated carbocycles. The van der Waals surface area contributed by atoms with Crippen LogP contribution in [0, 0.1) is 12.8 Å². The SMILES string of the molecule is CPOc1ccc(C)c2c1O[C@H]1C(OC(=O)C(C)(C)NC(=O)CCC(N)C(=O)OP)=CC[C@@]3(O)[C@@H](C)N(CC4CC4)CC[C@]213. The molecule has 1 aromatic carbocycles. The average Bonchev–Trinajstić information content (AvgIpc) is 3.73. The topological polar surface area (TPSA) is 150 Å². The molecule has 1 aromatic rings. The number of carbonyl (C=O) groups excluding carboxylic acids is 3. The van der Waals surface area contributed by atoms with Gasteiger partial charge in [-0.05, 0) is 90.2 Å². The second-order valence-electron chi connectivity index (χ2n) is 13.1. The fourth-order valence-electron chi connectivity index (χ4n) is 7.16. The molecule has 1 saturated heterocycles. The molecule has 4 aliphatic rings. The molecule has 3 unspecified atom stereocenters. The molecule has 5 rings (SSSR count). The van der Waals surface area contributed by atoms with Crippen LogP contribution >= 0.6 is 18.3 Å². The number of carbonyl (C=O) groups is 3. The lowest BCUT2D eigenvalue weighted by molar-refractivity contribution is -0.168. The summed E-state index contributed by atoms with van der Waals surface area (Å²) in [5, 5.41) is 15.5. The van der Waals surface area contributed by atoms with Crippen LogP contribution in [0.25, 0.3) is 0 Å². The van der Waals surface area contributed by atoms with Gasteiger partial charge in [0.05, 0.1) is 29.3 Å². The number of amides is 1. The average molecular weight is 650 g/mol. The molecule has 44 heavy (non-hydrogen) atoms. The summed E-state index contributed by atoms with van der Waals surface area (Å²) in [6.45, 7) is 10.9. The Bertz CT molecular complexity index is 1350. The molecule has 0 radical (unpaired) electrons. The van der Waals surface area contributed by atoms with Crippen molar-refractivity contribution in [1.82, 2.24) is 10.2 Å². The molecule has 4 N–H and O–H groups in total. The normalized spacial score (nSPS) is 28.7. The van der Waals surface area contributed by atoms with Crippen LogP contribution in [0.15, 0.2) is 24.0 Å². The van der Waals surface area contributed by atoms with E-state index in [9.17, 15) is 19.5 Å². The molecule has 2 fully saturated rings. The van der Waals surface area contributed by atoms with Crippen molar-refractivity contribution in [1.29, 1.82) is 0 Å². The van der Waals surface area contributed by atoms with Gasteiger partial charge in [-0.2, -0.15) is 0 Å². The minimum absolute atomic E-state index is 0.0582. The Hall–Kier alpha value is -2.29. The maximum Gasteiger partial charge on any atom is 0.336 e. The number of aliphatic hydroxyl groups is 1. The summed E-state index contributed by atoms with van der Waals surface area (Å²) in [6, 6.07) is 2.78. The van der Waals surface area contributed by atoms with Crippen molar-refractivity contribution in [3.8, 4) is 11.5 Å². The van der Waals surface area contributed by atoms with E-state index in [4.69, 9.17) is 19.7 Å². The monoisotopic (exact) mass is 649 g/mol. The smallest absolute Gasteiger partial charge is 0.336 e. The quantitative estimate of drug-likeness (QED) is 0.241. The van der Waals surface area contributed by atoms with Crippen molar-refractivity contribution in [2.24, 2.45) is 11.7 Å². The fourth-order valence-corrected chi connectivity index (χ4v) is 7.72. The zero-order valence-electron chi connectivity index (χ0n) is 26.1. The molecule has 13 heteroatoms. The van der Waals surface area contributed by atoms with Gasteiger partial charge >= 0.3 is 11.9 Å². The molecule has 11 nitrogen and oxygen atoms in total. The Morgan fingerprint density at radius 2 is 2.05 bits per heavy atom. The molecular weight excluding hydrogens is 604 g/mol. The van der Waals surface area contributed by atoms with E-state index in [1.54, 1.807) is 19.9 Å². The van der Waals surface area contributed by atoms with Gasteiger partial charge in [0.15, 0.2) is 17.6 Å². The number of ether oxygens (including phenoxy) is 2. The standard InChI is InChI=1S/C31H45N3O8P2/c1-17-6-10-21(42-44-5)25-24(17)30-14-15-34(16-19-7-8-19)18(2)31(30,38)13-12-22(26(30)40-25)39-28(37)29(3,4)33-23(35)11-9-20(32)27(36)41-43/h6,10,12,18-20,26,38,44H,7-9,11,13-16,32,43H2,1-5H3,(H,33,35)/t18-,20?,26+,30+,31-/m1/s1. The highest BCUT2D eigenvalue weighted by molar-refractivity contribution is 7.31. The first-order valence-corrected chi connectivity index (χ1v) is 17.2. The predicted octanol–water partition coefficient (Wildman–Crippen LogP) is 3.00. The van der Waals surface area contributed by atoms with Gasteiger partial charge in [-0.1, -0.05) is 6.07 Å². The summed E-state index contributed by atoms with van der Waals surface area (Å²) < 4.78 is 23.3. The van der Waals surface area contributed by atoms with E-state index in [0.29, 0.717) is 29.6 Å². The fraction of sp³-hybridized carbons (Fsp3) is 0.645. The molecule has 242 valence electrons. The summed E-state index contributed by atoms with van der Waals surface area (Å²) in [5.41, 5.74) is 4.18. The third-order valence-electron chi connectivity index (χ3n) is 9.81. The number of nitrogens with two attached hydrogens (primary N) is 1. The third-order valence-corrected chi connectivity index (χ3v) is 10.5. The van der Waals surface area contributed by atoms with Gasteiger partial charge in [-0.15, -0.1) is 0 Å². The number of hydrogen-bond acceptors (Lipinski definition) is 10. The summed E-state index contributed by atoms with van der Waals surface area (Å²) in [5.74, 6) is 0.405.